The molecule has 0 fully saturated rings. The third-order valence-electron chi connectivity index (χ3n) is 5.02. The molecule has 0 heterocycles. The topological polar surface area (TPSA) is 0 Å². The van der Waals surface area contributed by atoms with Gasteiger partial charge in [-0.05, 0) is 24.7 Å². The van der Waals surface area contributed by atoms with Gasteiger partial charge in [-0.25, -0.2) is 0 Å². The molecule has 0 atom stereocenters. The van der Waals surface area contributed by atoms with E-state index in [-0.39, 0.29) is 0 Å². The summed E-state index contributed by atoms with van der Waals surface area (Å²) in [6, 6.07) is 0. The summed E-state index contributed by atoms with van der Waals surface area (Å²) in [6.45, 7) is 11.0. The lowest BCUT2D eigenvalue weighted by atomic mass is 9.73. The van der Waals surface area contributed by atoms with E-state index in [1.54, 1.807) is 0 Å². The van der Waals surface area contributed by atoms with Crippen LogP contribution in [0.4, 0.5) is 0 Å². The zero-order chi connectivity index (χ0) is 15.1. The van der Waals surface area contributed by atoms with Gasteiger partial charge in [0, 0.05) is 0 Å². The first kappa shape index (κ1) is 20.0. The van der Waals surface area contributed by atoms with Gasteiger partial charge in [0.05, 0.1) is 0 Å². The van der Waals surface area contributed by atoms with E-state index in [9.17, 15) is 0 Å². The van der Waals surface area contributed by atoms with Crippen LogP contribution >= 0.6 is 0 Å². The van der Waals surface area contributed by atoms with Crippen molar-refractivity contribution in [3.05, 3.63) is 6.92 Å². The number of hydrogen-bond acceptors (Lipinski definition) is 0. The summed E-state index contributed by atoms with van der Waals surface area (Å²) in [5, 5.41) is 0. The Balaban J connectivity index is 3.62. The fourth-order valence-electron chi connectivity index (χ4n) is 3.70. The highest BCUT2D eigenvalue weighted by atomic mass is 14.3. The second kappa shape index (κ2) is 14.0. The predicted octanol–water partition coefficient (Wildman–Crippen LogP) is 7.72. The standard InChI is InChI=1S/C20H41/c1-5-9-10-11-12-13-14-15-16-19-20(8-4,17-6-2)18-7-3/h1,5-19H2,2-4H3. The quantitative estimate of drug-likeness (QED) is 0.269. The van der Waals surface area contributed by atoms with Crippen LogP contribution in [0.5, 0.6) is 0 Å². The Morgan fingerprint density at radius 2 is 1.05 bits per heavy atom. The molecule has 0 amide bonds. The van der Waals surface area contributed by atoms with E-state index in [1.165, 1.54) is 89.9 Å². The Morgan fingerprint density at radius 1 is 0.600 bits per heavy atom. The van der Waals surface area contributed by atoms with E-state index in [1.807, 2.05) is 0 Å². The molecular weight excluding hydrogens is 240 g/mol. The van der Waals surface area contributed by atoms with Crippen LogP contribution in [0.2, 0.25) is 0 Å². The van der Waals surface area contributed by atoms with Crippen LogP contribution in [0, 0.1) is 12.3 Å². The smallest absolute Gasteiger partial charge is 0.0300 e. The van der Waals surface area contributed by atoms with E-state index < -0.39 is 0 Å². The summed E-state index contributed by atoms with van der Waals surface area (Å²) in [5.74, 6) is 0. The molecular formula is C20H41. The number of unbranched alkanes of at least 4 members (excludes halogenated alkanes) is 8. The van der Waals surface area contributed by atoms with Crippen molar-refractivity contribution in [3.8, 4) is 0 Å². The summed E-state index contributed by atoms with van der Waals surface area (Å²) in [6.07, 6.45) is 21.0. The first-order valence-corrected chi connectivity index (χ1v) is 9.54. The minimum atomic E-state index is 0.678. The van der Waals surface area contributed by atoms with Crippen LogP contribution in [0.3, 0.4) is 0 Å². The van der Waals surface area contributed by atoms with Crippen LogP contribution in [0.25, 0.3) is 0 Å². The zero-order valence-electron chi connectivity index (χ0n) is 14.8. The van der Waals surface area contributed by atoms with Crippen LogP contribution in [0.15, 0.2) is 0 Å². The van der Waals surface area contributed by atoms with Gasteiger partial charge >= 0.3 is 0 Å². The normalized spacial score (nSPS) is 12.0. The molecule has 0 aliphatic heterocycles. The SMILES string of the molecule is [CH2]CCCCCCCCCCC(CC)(CCC)CCC. The van der Waals surface area contributed by atoms with Crippen LogP contribution < -0.4 is 0 Å². The lowest BCUT2D eigenvalue weighted by Gasteiger charge is -2.32. The second-order valence-corrected chi connectivity index (χ2v) is 6.79. The van der Waals surface area contributed by atoms with Crippen molar-refractivity contribution in [1.29, 1.82) is 0 Å². The van der Waals surface area contributed by atoms with Crippen LogP contribution in [-0.2, 0) is 0 Å². The second-order valence-electron chi connectivity index (χ2n) is 6.79. The van der Waals surface area contributed by atoms with Crippen LogP contribution in [0.1, 0.15) is 117 Å². The molecule has 20 heavy (non-hydrogen) atoms. The van der Waals surface area contributed by atoms with Crippen molar-refractivity contribution in [1.82, 2.24) is 0 Å². The maximum absolute atomic E-state index is 3.91. The van der Waals surface area contributed by atoms with Gasteiger partial charge < -0.3 is 0 Å². The van der Waals surface area contributed by atoms with Gasteiger partial charge in [0.15, 0.2) is 0 Å². The molecule has 121 valence electrons. The van der Waals surface area contributed by atoms with Crippen molar-refractivity contribution >= 4 is 0 Å². The summed E-state index contributed by atoms with van der Waals surface area (Å²) in [7, 11) is 0. The van der Waals surface area contributed by atoms with Gasteiger partial charge in [0.25, 0.3) is 0 Å². The maximum Gasteiger partial charge on any atom is -0.0300 e. The molecule has 0 unspecified atom stereocenters. The van der Waals surface area contributed by atoms with E-state index in [2.05, 4.69) is 27.7 Å². The van der Waals surface area contributed by atoms with Gasteiger partial charge in [-0.2, -0.15) is 0 Å². The Morgan fingerprint density at radius 3 is 1.45 bits per heavy atom. The molecule has 0 aliphatic rings. The first-order valence-electron chi connectivity index (χ1n) is 9.54. The molecule has 0 nitrogen and oxygen atoms in total. The molecule has 0 N–H and O–H groups in total. The summed E-state index contributed by atoms with van der Waals surface area (Å²) < 4.78 is 0. The molecule has 0 saturated heterocycles. The van der Waals surface area contributed by atoms with E-state index in [0.717, 1.165) is 6.42 Å². The summed E-state index contributed by atoms with van der Waals surface area (Å²) in [4.78, 5) is 0. The number of hydrogen-bond donors (Lipinski definition) is 0. The molecule has 0 heteroatoms. The van der Waals surface area contributed by atoms with E-state index >= 15 is 0 Å². The Kier molecular flexibility index (Phi) is 14.0. The largest absolute Gasteiger partial charge is 0.0654 e. The van der Waals surface area contributed by atoms with Crippen molar-refractivity contribution in [2.75, 3.05) is 0 Å². The average Bonchev–Trinajstić information content (AvgIpc) is 2.46. The van der Waals surface area contributed by atoms with Gasteiger partial charge in [0.2, 0.25) is 0 Å². The fourth-order valence-corrected chi connectivity index (χ4v) is 3.70. The Bertz CT molecular complexity index is 176. The predicted molar refractivity (Wildman–Crippen MR) is 94.1 cm³/mol. The molecule has 1 radical (unpaired) electrons. The highest BCUT2D eigenvalue weighted by Gasteiger charge is 2.25. The lowest BCUT2D eigenvalue weighted by Crippen LogP contribution is -2.19. The van der Waals surface area contributed by atoms with E-state index in [0.29, 0.717) is 5.41 Å². The Hall–Kier alpha value is 0. The van der Waals surface area contributed by atoms with Gasteiger partial charge in [-0.1, -0.05) is 105 Å². The number of rotatable bonds is 15. The van der Waals surface area contributed by atoms with Gasteiger partial charge in [-0.15, -0.1) is 0 Å². The van der Waals surface area contributed by atoms with Crippen molar-refractivity contribution in [3.63, 3.8) is 0 Å². The molecule has 0 bridgehead atoms. The van der Waals surface area contributed by atoms with Crippen molar-refractivity contribution in [2.45, 2.75) is 117 Å². The van der Waals surface area contributed by atoms with Gasteiger partial charge in [0.1, 0.15) is 0 Å². The third-order valence-corrected chi connectivity index (χ3v) is 5.02. The molecule has 0 aliphatic carbocycles. The molecule has 0 rings (SSSR count). The monoisotopic (exact) mass is 281 g/mol. The van der Waals surface area contributed by atoms with E-state index in [4.69, 9.17) is 0 Å². The molecule has 0 saturated carbocycles. The highest BCUT2D eigenvalue weighted by Crippen LogP contribution is 2.38. The summed E-state index contributed by atoms with van der Waals surface area (Å²) in [5.41, 5.74) is 0.678. The van der Waals surface area contributed by atoms with Crippen molar-refractivity contribution < 1.29 is 0 Å². The molecule has 0 aromatic rings. The Labute approximate surface area is 130 Å². The first-order chi connectivity index (χ1) is 9.74. The summed E-state index contributed by atoms with van der Waals surface area (Å²) >= 11 is 0. The maximum atomic E-state index is 3.91. The molecule has 0 aromatic heterocycles. The lowest BCUT2D eigenvalue weighted by molar-refractivity contribution is 0.196. The molecule has 0 spiro atoms. The van der Waals surface area contributed by atoms with Crippen molar-refractivity contribution in [2.24, 2.45) is 5.41 Å². The third kappa shape index (κ3) is 9.83. The fraction of sp³-hybridized carbons (Fsp3) is 0.950. The van der Waals surface area contributed by atoms with Crippen LogP contribution in [-0.4, -0.2) is 0 Å². The average molecular weight is 282 g/mol. The zero-order valence-corrected chi connectivity index (χ0v) is 14.8. The minimum absolute atomic E-state index is 0.678. The molecule has 0 aromatic carbocycles. The highest BCUT2D eigenvalue weighted by molar-refractivity contribution is 4.77. The van der Waals surface area contributed by atoms with Gasteiger partial charge in [-0.3, -0.25) is 0 Å². The minimum Gasteiger partial charge on any atom is -0.0654 e.